The highest BCUT2D eigenvalue weighted by Gasteiger charge is 2.16. The minimum atomic E-state index is -0.465. The number of aliphatic hydroxyl groups excluding tert-OH is 1. The van der Waals surface area contributed by atoms with Crippen LogP contribution in [0.2, 0.25) is 0 Å². The molecule has 0 heterocycles. The number of carbonyl (C=O) groups excluding carboxylic acids is 1. The molecular formula is C12H16N2O4S. The standard InChI is InChI=1S/C12H16N2O4S/c1-8(7-15)13-12(16)9(2)19-11-5-3-10(4-6-11)14(17)18/h3-6,8-9,15H,7H2,1-2H3,(H,13,16). The average molecular weight is 284 g/mol. The van der Waals surface area contributed by atoms with Crippen LogP contribution < -0.4 is 5.32 Å². The van der Waals surface area contributed by atoms with Crippen molar-refractivity contribution in [2.75, 3.05) is 6.61 Å². The summed E-state index contributed by atoms with van der Waals surface area (Å²) in [6, 6.07) is 5.75. The highest BCUT2D eigenvalue weighted by Crippen LogP contribution is 2.25. The molecule has 2 atom stereocenters. The Morgan fingerprint density at radius 2 is 2.00 bits per heavy atom. The number of nitro groups is 1. The predicted octanol–water partition coefficient (Wildman–Crippen LogP) is 1.57. The third-order valence-electron chi connectivity index (χ3n) is 2.39. The third kappa shape index (κ3) is 4.88. The molecule has 7 heteroatoms. The quantitative estimate of drug-likeness (QED) is 0.470. The van der Waals surface area contributed by atoms with Gasteiger partial charge in [-0.25, -0.2) is 0 Å². The summed E-state index contributed by atoms with van der Waals surface area (Å²) in [6.45, 7) is 3.34. The lowest BCUT2D eigenvalue weighted by atomic mass is 10.3. The molecule has 0 radical (unpaired) electrons. The Morgan fingerprint density at radius 1 is 1.42 bits per heavy atom. The number of non-ortho nitro benzene ring substituents is 1. The highest BCUT2D eigenvalue weighted by atomic mass is 32.2. The van der Waals surface area contributed by atoms with Gasteiger partial charge in [0.2, 0.25) is 5.91 Å². The van der Waals surface area contributed by atoms with Crippen LogP contribution in [0.4, 0.5) is 5.69 Å². The van der Waals surface area contributed by atoms with Gasteiger partial charge in [0, 0.05) is 23.1 Å². The summed E-state index contributed by atoms with van der Waals surface area (Å²) in [6.07, 6.45) is 0. The van der Waals surface area contributed by atoms with Crippen molar-refractivity contribution in [1.29, 1.82) is 0 Å². The lowest BCUT2D eigenvalue weighted by molar-refractivity contribution is -0.384. The van der Waals surface area contributed by atoms with Gasteiger partial charge in [-0.1, -0.05) is 0 Å². The molecule has 1 aromatic rings. The van der Waals surface area contributed by atoms with E-state index >= 15 is 0 Å². The van der Waals surface area contributed by atoms with E-state index in [1.807, 2.05) is 0 Å². The summed E-state index contributed by atoms with van der Waals surface area (Å²) in [7, 11) is 0. The summed E-state index contributed by atoms with van der Waals surface area (Å²) in [5.41, 5.74) is 0.0235. The summed E-state index contributed by atoms with van der Waals surface area (Å²) < 4.78 is 0. The van der Waals surface area contributed by atoms with E-state index in [9.17, 15) is 14.9 Å². The smallest absolute Gasteiger partial charge is 0.269 e. The number of thioether (sulfide) groups is 1. The number of hydrogen-bond acceptors (Lipinski definition) is 5. The van der Waals surface area contributed by atoms with Crippen LogP contribution in [0.15, 0.2) is 29.2 Å². The van der Waals surface area contributed by atoms with E-state index in [4.69, 9.17) is 5.11 Å². The molecule has 1 rings (SSSR count). The van der Waals surface area contributed by atoms with Crippen molar-refractivity contribution >= 4 is 23.4 Å². The second-order valence-corrected chi connectivity index (χ2v) is 5.52. The third-order valence-corrected chi connectivity index (χ3v) is 3.50. The maximum atomic E-state index is 11.7. The van der Waals surface area contributed by atoms with Crippen molar-refractivity contribution in [1.82, 2.24) is 5.32 Å². The number of aliphatic hydroxyl groups is 1. The molecule has 0 bridgehead atoms. The van der Waals surface area contributed by atoms with Crippen molar-refractivity contribution in [2.45, 2.75) is 30.0 Å². The van der Waals surface area contributed by atoms with Crippen molar-refractivity contribution in [3.8, 4) is 0 Å². The number of nitro benzene ring substituents is 1. The topological polar surface area (TPSA) is 92.5 Å². The van der Waals surface area contributed by atoms with Crippen LogP contribution in [0, 0.1) is 10.1 Å². The molecule has 0 spiro atoms. The zero-order valence-electron chi connectivity index (χ0n) is 10.7. The van der Waals surface area contributed by atoms with Gasteiger partial charge in [-0.2, -0.15) is 0 Å². The lowest BCUT2D eigenvalue weighted by Crippen LogP contribution is -2.39. The second kappa shape index (κ2) is 7.10. The van der Waals surface area contributed by atoms with Crippen molar-refractivity contribution in [3.63, 3.8) is 0 Å². The van der Waals surface area contributed by atoms with Crippen LogP contribution in [0.5, 0.6) is 0 Å². The van der Waals surface area contributed by atoms with Crippen molar-refractivity contribution < 1.29 is 14.8 Å². The summed E-state index contributed by atoms with van der Waals surface area (Å²) in [5, 5.41) is 21.7. The average Bonchev–Trinajstić information content (AvgIpc) is 2.38. The molecule has 6 nitrogen and oxygen atoms in total. The Kier molecular flexibility index (Phi) is 5.78. The zero-order valence-corrected chi connectivity index (χ0v) is 11.5. The predicted molar refractivity (Wildman–Crippen MR) is 73.1 cm³/mol. The molecule has 104 valence electrons. The zero-order chi connectivity index (χ0) is 14.4. The van der Waals surface area contributed by atoms with Crippen molar-refractivity contribution in [2.24, 2.45) is 0 Å². The Balaban J connectivity index is 2.58. The molecule has 0 aliphatic rings. The normalized spacial score (nSPS) is 13.6. The number of benzene rings is 1. The first kappa shape index (κ1) is 15.5. The van der Waals surface area contributed by atoms with Crippen LogP contribution in [0.3, 0.4) is 0 Å². The molecule has 0 saturated carbocycles. The first-order chi connectivity index (χ1) is 8.93. The Labute approximate surface area is 115 Å². The van der Waals surface area contributed by atoms with E-state index < -0.39 is 4.92 Å². The first-order valence-electron chi connectivity index (χ1n) is 5.76. The maximum Gasteiger partial charge on any atom is 0.269 e. The molecule has 0 saturated heterocycles. The van der Waals surface area contributed by atoms with Gasteiger partial charge in [0.25, 0.3) is 5.69 Å². The fourth-order valence-electron chi connectivity index (χ4n) is 1.31. The summed E-state index contributed by atoms with van der Waals surface area (Å²) in [4.78, 5) is 22.6. The monoisotopic (exact) mass is 284 g/mol. The largest absolute Gasteiger partial charge is 0.394 e. The van der Waals surface area contributed by atoms with Gasteiger partial charge in [-0.3, -0.25) is 14.9 Å². The number of nitrogens with one attached hydrogen (secondary N) is 1. The Bertz CT molecular complexity index is 450. The number of rotatable bonds is 6. The van der Waals surface area contributed by atoms with Crippen LogP contribution in [0.25, 0.3) is 0 Å². The Hall–Kier alpha value is -1.60. The molecule has 19 heavy (non-hydrogen) atoms. The molecule has 0 fully saturated rings. The highest BCUT2D eigenvalue weighted by molar-refractivity contribution is 8.00. The Morgan fingerprint density at radius 3 is 2.47 bits per heavy atom. The van der Waals surface area contributed by atoms with Gasteiger partial charge in [0.05, 0.1) is 16.8 Å². The molecule has 0 aromatic heterocycles. The summed E-state index contributed by atoms with van der Waals surface area (Å²) in [5.74, 6) is -0.176. The van der Waals surface area contributed by atoms with Gasteiger partial charge < -0.3 is 10.4 Å². The number of carbonyl (C=O) groups is 1. The van der Waals surface area contributed by atoms with Gasteiger partial charge in [0.15, 0.2) is 0 Å². The minimum absolute atomic E-state index is 0.0235. The van der Waals surface area contributed by atoms with Crippen LogP contribution in [-0.2, 0) is 4.79 Å². The van der Waals surface area contributed by atoms with Gasteiger partial charge in [0.1, 0.15) is 0 Å². The SMILES string of the molecule is CC(CO)NC(=O)C(C)Sc1ccc([N+](=O)[O-])cc1. The molecule has 1 amide bonds. The molecule has 0 aliphatic heterocycles. The van der Waals surface area contributed by atoms with Crippen LogP contribution >= 0.6 is 11.8 Å². The van der Waals surface area contributed by atoms with E-state index in [2.05, 4.69) is 5.32 Å². The van der Waals surface area contributed by atoms with E-state index in [0.717, 1.165) is 4.90 Å². The van der Waals surface area contributed by atoms with Gasteiger partial charge >= 0.3 is 0 Å². The van der Waals surface area contributed by atoms with Crippen LogP contribution in [-0.4, -0.2) is 33.8 Å². The number of nitrogens with zero attached hydrogens (tertiary/aromatic N) is 1. The maximum absolute atomic E-state index is 11.7. The molecular weight excluding hydrogens is 268 g/mol. The summed E-state index contributed by atoms with van der Waals surface area (Å²) >= 11 is 1.31. The van der Waals surface area contributed by atoms with E-state index in [-0.39, 0.29) is 29.5 Å². The fraction of sp³-hybridized carbons (Fsp3) is 0.417. The van der Waals surface area contributed by atoms with E-state index in [1.54, 1.807) is 26.0 Å². The number of amides is 1. The lowest BCUT2D eigenvalue weighted by Gasteiger charge is -2.15. The molecule has 1 aromatic carbocycles. The molecule has 2 unspecified atom stereocenters. The number of hydrogen-bond donors (Lipinski definition) is 2. The fourth-order valence-corrected chi connectivity index (χ4v) is 2.19. The van der Waals surface area contributed by atoms with Crippen molar-refractivity contribution in [3.05, 3.63) is 34.4 Å². The van der Waals surface area contributed by atoms with Gasteiger partial charge in [-0.05, 0) is 26.0 Å². The van der Waals surface area contributed by atoms with Gasteiger partial charge in [-0.15, -0.1) is 11.8 Å². The van der Waals surface area contributed by atoms with E-state index in [1.165, 1.54) is 23.9 Å². The van der Waals surface area contributed by atoms with Crippen LogP contribution in [0.1, 0.15) is 13.8 Å². The second-order valence-electron chi connectivity index (χ2n) is 4.10. The molecule has 2 N–H and O–H groups in total. The van der Waals surface area contributed by atoms with E-state index in [0.29, 0.717) is 0 Å². The first-order valence-corrected chi connectivity index (χ1v) is 6.64. The molecule has 0 aliphatic carbocycles. The minimum Gasteiger partial charge on any atom is -0.394 e.